The van der Waals surface area contributed by atoms with Crippen molar-refractivity contribution >= 4 is 23.3 Å². The first kappa shape index (κ1) is 22.3. The molecule has 0 bridgehead atoms. The SMILES string of the molecule is CC(=O)c1cccc(OCC(=O)NNC(=O)CCN2CCN(c3ccccc3)CC2)c1. The van der Waals surface area contributed by atoms with E-state index >= 15 is 0 Å². The van der Waals surface area contributed by atoms with E-state index in [1.807, 2.05) is 18.2 Å². The molecule has 2 aromatic rings. The molecule has 1 heterocycles. The van der Waals surface area contributed by atoms with E-state index in [0.717, 1.165) is 26.2 Å². The number of para-hydroxylation sites is 1. The van der Waals surface area contributed by atoms with Gasteiger partial charge in [0, 0.05) is 50.4 Å². The Morgan fingerprint density at radius 2 is 1.61 bits per heavy atom. The van der Waals surface area contributed by atoms with Gasteiger partial charge in [-0.25, -0.2) is 0 Å². The molecule has 8 heteroatoms. The quantitative estimate of drug-likeness (QED) is 0.495. The summed E-state index contributed by atoms with van der Waals surface area (Å²) in [6, 6.07) is 16.9. The summed E-state index contributed by atoms with van der Waals surface area (Å²) < 4.78 is 5.36. The molecule has 2 aromatic carbocycles. The molecule has 2 N–H and O–H groups in total. The Balaban J connectivity index is 1.30. The van der Waals surface area contributed by atoms with Crippen molar-refractivity contribution in [2.24, 2.45) is 0 Å². The maximum atomic E-state index is 12.0. The number of rotatable bonds is 8. The number of hydrazine groups is 1. The van der Waals surface area contributed by atoms with E-state index in [0.29, 0.717) is 24.3 Å². The van der Waals surface area contributed by atoms with Gasteiger partial charge in [0.15, 0.2) is 12.4 Å². The van der Waals surface area contributed by atoms with Crippen LogP contribution in [0.3, 0.4) is 0 Å². The predicted octanol–water partition coefficient (Wildman–Crippen LogP) is 1.63. The Hall–Kier alpha value is -3.39. The third kappa shape index (κ3) is 7.11. The first-order valence-corrected chi connectivity index (χ1v) is 10.3. The number of Topliss-reactive ketones (excluding diaryl/α,β-unsaturated/α-hetero) is 1. The zero-order chi connectivity index (χ0) is 22.1. The van der Waals surface area contributed by atoms with Gasteiger partial charge in [-0.1, -0.05) is 30.3 Å². The third-order valence-electron chi connectivity index (χ3n) is 5.10. The summed E-state index contributed by atoms with van der Waals surface area (Å²) in [6.07, 6.45) is 0.299. The molecule has 0 unspecified atom stereocenters. The summed E-state index contributed by atoms with van der Waals surface area (Å²) in [6.45, 7) is 5.46. The number of ketones is 1. The van der Waals surface area contributed by atoms with Crippen molar-refractivity contribution in [1.82, 2.24) is 15.8 Å². The molecular weight excluding hydrogens is 396 g/mol. The normalized spacial score (nSPS) is 14.0. The van der Waals surface area contributed by atoms with Crippen LogP contribution in [0, 0.1) is 0 Å². The molecule has 1 aliphatic heterocycles. The lowest BCUT2D eigenvalue weighted by Crippen LogP contribution is -2.48. The number of anilines is 1. The number of hydrogen-bond donors (Lipinski definition) is 2. The maximum absolute atomic E-state index is 12.0. The molecule has 0 radical (unpaired) electrons. The van der Waals surface area contributed by atoms with Gasteiger partial charge in [-0.2, -0.15) is 0 Å². The van der Waals surface area contributed by atoms with E-state index < -0.39 is 5.91 Å². The summed E-state index contributed by atoms with van der Waals surface area (Å²) in [4.78, 5) is 39.9. The van der Waals surface area contributed by atoms with Crippen molar-refractivity contribution < 1.29 is 19.1 Å². The molecule has 2 amide bonds. The van der Waals surface area contributed by atoms with Gasteiger partial charge in [0.2, 0.25) is 5.91 Å². The van der Waals surface area contributed by atoms with E-state index in [-0.39, 0.29) is 18.3 Å². The standard InChI is InChI=1S/C23H28N4O4/c1-18(28)19-6-5-9-21(16-19)31-17-23(30)25-24-22(29)10-11-26-12-14-27(15-13-26)20-7-3-2-4-8-20/h2-9,16H,10-15,17H2,1H3,(H,24,29)(H,25,30). The minimum absolute atomic E-state index is 0.0800. The van der Waals surface area contributed by atoms with Gasteiger partial charge >= 0.3 is 0 Å². The molecule has 0 spiro atoms. The zero-order valence-electron chi connectivity index (χ0n) is 17.7. The van der Waals surface area contributed by atoms with Crippen molar-refractivity contribution in [2.45, 2.75) is 13.3 Å². The minimum Gasteiger partial charge on any atom is -0.484 e. The highest BCUT2D eigenvalue weighted by molar-refractivity contribution is 5.94. The largest absolute Gasteiger partial charge is 0.484 e. The smallest absolute Gasteiger partial charge is 0.276 e. The van der Waals surface area contributed by atoms with Crippen LogP contribution >= 0.6 is 0 Å². The lowest BCUT2D eigenvalue weighted by Gasteiger charge is -2.36. The first-order chi connectivity index (χ1) is 15.0. The number of amides is 2. The Kier molecular flexibility index (Phi) is 8.00. The van der Waals surface area contributed by atoms with Crippen LogP contribution in [0.15, 0.2) is 54.6 Å². The molecule has 0 atom stereocenters. The van der Waals surface area contributed by atoms with E-state index in [1.165, 1.54) is 12.6 Å². The fourth-order valence-corrected chi connectivity index (χ4v) is 3.32. The van der Waals surface area contributed by atoms with Crippen molar-refractivity contribution in [3.63, 3.8) is 0 Å². The Labute approximate surface area is 182 Å². The average molecular weight is 425 g/mol. The predicted molar refractivity (Wildman–Crippen MR) is 118 cm³/mol. The van der Waals surface area contributed by atoms with Crippen LogP contribution in [0.5, 0.6) is 5.75 Å². The van der Waals surface area contributed by atoms with Crippen LogP contribution in [0.1, 0.15) is 23.7 Å². The second-order valence-electron chi connectivity index (χ2n) is 7.38. The number of piperazine rings is 1. The van der Waals surface area contributed by atoms with Gasteiger partial charge in [-0.05, 0) is 31.2 Å². The topological polar surface area (TPSA) is 91.0 Å². The fourth-order valence-electron chi connectivity index (χ4n) is 3.32. The van der Waals surface area contributed by atoms with Crippen LogP contribution in [0.4, 0.5) is 5.69 Å². The second-order valence-corrected chi connectivity index (χ2v) is 7.38. The summed E-state index contributed by atoms with van der Waals surface area (Å²) >= 11 is 0. The molecule has 8 nitrogen and oxygen atoms in total. The number of nitrogens with zero attached hydrogens (tertiary/aromatic N) is 2. The van der Waals surface area contributed by atoms with Gasteiger partial charge in [-0.3, -0.25) is 30.1 Å². The highest BCUT2D eigenvalue weighted by Gasteiger charge is 2.17. The Morgan fingerprint density at radius 1 is 0.903 bits per heavy atom. The lowest BCUT2D eigenvalue weighted by molar-refractivity contribution is -0.130. The van der Waals surface area contributed by atoms with E-state index in [4.69, 9.17) is 4.74 Å². The fraction of sp³-hybridized carbons (Fsp3) is 0.348. The van der Waals surface area contributed by atoms with Gasteiger partial charge in [0.25, 0.3) is 5.91 Å². The number of benzene rings is 2. The Morgan fingerprint density at radius 3 is 2.32 bits per heavy atom. The maximum Gasteiger partial charge on any atom is 0.276 e. The third-order valence-corrected chi connectivity index (χ3v) is 5.10. The van der Waals surface area contributed by atoms with E-state index in [9.17, 15) is 14.4 Å². The van der Waals surface area contributed by atoms with Crippen LogP contribution in [0.25, 0.3) is 0 Å². The molecule has 1 aliphatic rings. The molecule has 31 heavy (non-hydrogen) atoms. The first-order valence-electron chi connectivity index (χ1n) is 10.3. The van der Waals surface area contributed by atoms with Crippen LogP contribution in [-0.4, -0.2) is 61.8 Å². The minimum atomic E-state index is -0.474. The van der Waals surface area contributed by atoms with Crippen LogP contribution in [0.2, 0.25) is 0 Å². The zero-order valence-corrected chi connectivity index (χ0v) is 17.7. The number of nitrogens with one attached hydrogen (secondary N) is 2. The van der Waals surface area contributed by atoms with Gasteiger partial charge in [-0.15, -0.1) is 0 Å². The molecule has 3 rings (SSSR count). The lowest BCUT2D eigenvalue weighted by atomic mass is 10.1. The molecule has 0 saturated carbocycles. The van der Waals surface area contributed by atoms with Gasteiger partial charge < -0.3 is 9.64 Å². The van der Waals surface area contributed by atoms with E-state index in [1.54, 1.807) is 24.3 Å². The summed E-state index contributed by atoms with van der Waals surface area (Å²) in [5, 5.41) is 0. The van der Waals surface area contributed by atoms with Crippen molar-refractivity contribution in [1.29, 1.82) is 0 Å². The Bertz CT molecular complexity index is 895. The van der Waals surface area contributed by atoms with Crippen molar-refractivity contribution in [3.8, 4) is 5.75 Å². The highest BCUT2D eigenvalue weighted by atomic mass is 16.5. The molecule has 0 aliphatic carbocycles. The summed E-state index contributed by atoms with van der Waals surface area (Å²) in [7, 11) is 0. The molecule has 0 aromatic heterocycles. The summed E-state index contributed by atoms with van der Waals surface area (Å²) in [5.74, 6) is -0.386. The van der Waals surface area contributed by atoms with Crippen molar-refractivity contribution in [2.75, 3.05) is 44.2 Å². The van der Waals surface area contributed by atoms with Crippen molar-refractivity contribution in [3.05, 3.63) is 60.2 Å². The van der Waals surface area contributed by atoms with E-state index in [2.05, 4.69) is 32.8 Å². The monoisotopic (exact) mass is 424 g/mol. The molecule has 164 valence electrons. The number of carbonyl (C=O) groups is 3. The van der Waals surface area contributed by atoms with Gasteiger partial charge in [0.05, 0.1) is 0 Å². The molecular formula is C23H28N4O4. The highest BCUT2D eigenvalue weighted by Crippen LogP contribution is 2.15. The second kappa shape index (κ2) is 11.1. The number of ether oxygens (including phenoxy) is 1. The molecule has 1 saturated heterocycles. The number of hydrogen-bond acceptors (Lipinski definition) is 6. The van der Waals surface area contributed by atoms with Crippen LogP contribution < -0.4 is 20.5 Å². The number of carbonyl (C=O) groups excluding carboxylic acids is 3. The van der Waals surface area contributed by atoms with Gasteiger partial charge in [0.1, 0.15) is 5.75 Å². The average Bonchev–Trinajstić information content (AvgIpc) is 2.81. The van der Waals surface area contributed by atoms with Crippen LogP contribution in [-0.2, 0) is 9.59 Å². The molecule has 1 fully saturated rings. The summed E-state index contributed by atoms with van der Waals surface area (Å²) in [5.41, 5.74) is 6.49.